The van der Waals surface area contributed by atoms with Crippen LogP contribution in [0, 0.1) is 6.92 Å². The van der Waals surface area contributed by atoms with Gasteiger partial charge in [0.05, 0.1) is 5.56 Å². The molecular formula is C19H21NO3S. The molecule has 5 heteroatoms. The van der Waals surface area contributed by atoms with E-state index in [1.165, 1.54) is 10.5 Å². The van der Waals surface area contributed by atoms with Crippen LogP contribution in [-0.4, -0.2) is 23.2 Å². The number of nitrogens with one attached hydrogen (secondary N) is 1. The van der Waals surface area contributed by atoms with Crippen molar-refractivity contribution in [2.45, 2.75) is 31.2 Å². The second kappa shape index (κ2) is 8.55. The molecule has 0 unspecified atom stereocenters. The SMILES string of the molecule is CSc1cc(C)ccc1CNC(=O)CCc1ccc(C(=O)O)cc1. The highest BCUT2D eigenvalue weighted by Gasteiger charge is 2.07. The van der Waals surface area contributed by atoms with Gasteiger partial charge in [-0.3, -0.25) is 4.79 Å². The number of rotatable bonds is 7. The van der Waals surface area contributed by atoms with Crippen LogP contribution in [0.1, 0.15) is 33.5 Å². The van der Waals surface area contributed by atoms with E-state index < -0.39 is 5.97 Å². The molecule has 0 bridgehead atoms. The van der Waals surface area contributed by atoms with Crippen LogP contribution in [0.4, 0.5) is 0 Å². The molecule has 0 aliphatic heterocycles. The Bertz CT molecular complexity index is 726. The standard InChI is InChI=1S/C19H21NO3S/c1-13-3-7-16(17(11-13)24-2)12-20-18(21)10-6-14-4-8-15(9-5-14)19(22)23/h3-5,7-9,11H,6,10,12H2,1-2H3,(H,20,21)(H,22,23). The highest BCUT2D eigenvalue weighted by Crippen LogP contribution is 2.21. The molecule has 2 aromatic rings. The maximum absolute atomic E-state index is 12.0. The van der Waals surface area contributed by atoms with E-state index >= 15 is 0 Å². The number of carbonyl (C=O) groups excluding carboxylic acids is 1. The summed E-state index contributed by atoms with van der Waals surface area (Å²) in [5.41, 5.74) is 3.54. The average molecular weight is 343 g/mol. The van der Waals surface area contributed by atoms with Gasteiger partial charge in [-0.25, -0.2) is 4.79 Å². The average Bonchev–Trinajstić information content (AvgIpc) is 2.59. The molecule has 2 aromatic carbocycles. The molecule has 126 valence electrons. The Kier molecular flexibility index (Phi) is 6.44. The summed E-state index contributed by atoms with van der Waals surface area (Å²) in [6, 6.07) is 12.8. The van der Waals surface area contributed by atoms with Crippen molar-refractivity contribution in [3.05, 3.63) is 64.7 Å². The van der Waals surface area contributed by atoms with Crippen LogP contribution in [0.15, 0.2) is 47.4 Å². The second-order valence-electron chi connectivity index (χ2n) is 5.59. The lowest BCUT2D eigenvalue weighted by Gasteiger charge is -2.10. The van der Waals surface area contributed by atoms with Gasteiger partial charge < -0.3 is 10.4 Å². The molecule has 2 rings (SSSR count). The molecule has 0 fully saturated rings. The van der Waals surface area contributed by atoms with E-state index in [4.69, 9.17) is 5.11 Å². The van der Waals surface area contributed by atoms with Crippen LogP contribution >= 0.6 is 11.8 Å². The zero-order valence-electron chi connectivity index (χ0n) is 13.8. The second-order valence-corrected chi connectivity index (χ2v) is 6.44. The van der Waals surface area contributed by atoms with Gasteiger partial charge in [0, 0.05) is 17.9 Å². The Labute approximate surface area is 146 Å². The van der Waals surface area contributed by atoms with Gasteiger partial charge in [-0.05, 0) is 54.5 Å². The third kappa shape index (κ3) is 5.13. The molecule has 0 atom stereocenters. The number of aryl methyl sites for hydroxylation is 2. The van der Waals surface area contributed by atoms with Crippen molar-refractivity contribution < 1.29 is 14.7 Å². The minimum absolute atomic E-state index is 0.00932. The predicted molar refractivity (Wildman–Crippen MR) is 96.5 cm³/mol. The zero-order chi connectivity index (χ0) is 17.5. The minimum atomic E-state index is -0.943. The maximum Gasteiger partial charge on any atom is 0.335 e. The van der Waals surface area contributed by atoms with Crippen LogP contribution in [0.5, 0.6) is 0 Å². The third-order valence-electron chi connectivity index (χ3n) is 3.76. The highest BCUT2D eigenvalue weighted by atomic mass is 32.2. The van der Waals surface area contributed by atoms with Crippen molar-refractivity contribution in [2.24, 2.45) is 0 Å². The summed E-state index contributed by atoms with van der Waals surface area (Å²) in [6.07, 6.45) is 3.00. The summed E-state index contributed by atoms with van der Waals surface area (Å²) in [4.78, 5) is 24.0. The number of thioether (sulfide) groups is 1. The molecule has 0 spiro atoms. The van der Waals surface area contributed by atoms with E-state index in [2.05, 4.69) is 18.3 Å². The molecule has 1 amide bonds. The van der Waals surface area contributed by atoms with Gasteiger partial charge in [-0.2, -0.15) is 0 Å². The third-order valence-corrected chi connectivity index (χ3v) is 4.58. The first-order valence-electron chi connectivity index (χ1n) is 7.72. The minimum Gasteiger partial charge on any atom is -0.478 e. The summed E-state index contributed by atoms with van der Waals surface area (Å²) < 4.78 is 0. The number of carboxylic acids is 1. The van der Waals surface area contributed by atoms with Crippen molar-refractivity contribution in [3.63, 3.8) is 0 Å². The lowest BCUT2D eigenvalue weighted by molar-refractivity contribution is -0.121. The van der Waals surface area contributed by atoms with E-state index in [0.717, 1.165) is 11.1 Å². The number of benzene rings is 2. The molecule has 2 N–H and O–H groups in total. The zero-order valence-corrected chi connectivity index (χ0v) is 14.7. The number of hydrogen-bond acceptors (Lipinski definition) is 3. The Morgan fingerprint density at radius 2 is 1.83 bits per heavy atom. The fourth-order valence-electron chi connectivity index (χ4n) is 2.35. The van der Waals surface area contributed by atoms with Crippen LogP contribution in [0.2, 0.25) is 0 Å². The number of carbonyl (C=O) groups is 2. The van der Waals surface area contributed by atoms with E-state index in [-0.39, 0.29) is 11.5 Å². The molecule has 0 radical (unpaired) electrons. The highest BCUT2D eigenvalue weighted by molar-refractivity contribution is 7.98. The number of carboxylic acid groups (broad SMARTS) is 1. The largest absolute Gasteiger partial charge is 0.478 e. The van der Waals surface area contributed by atoms with E-state index in [9.17, 15) is 9.59 Å². The number of amides is 1. The smallest absolute Gasteiger partial charge is 0.335 e. The van der Waals surface area contributed by atoms with Crippen LogP contribution in [0.3, 0.4) is 0 Å². The Morgan fingerprint density at radius 1 is 1.12 bits per heavy atom. The van der Waals surface area contributed by atoms with Crippen LogP contribution in [-0.2, 0) is 17.8 Å². The lowest BCUT2D eigenvalue weighted by Crippen LogP contribution is -2.23. The van der Waals surface area contributed by atoms with Crippen molar-refractivity contribution in [1.29, 1.82) is 0 Å². The normalized spacial score (nSPS) is 10.4. The van der Waals surface area contributed by atoms with Gasteiger partial charge in [0.15, 0.2) is 0 Å². The van der Waals surface area contributed by atoms with E-state index in [0.29, 0.717) is 19.4 Å². The van der Waals surface area contributed by atoms with E-state index in [1.807, 2.05) is 18.4 Å². The molecule has 0 saturated heterocycles. The molecule has 0 heterocycles. The van der Waals surface area contributed by atoms with Gasteiger partial charge in [0.25, 0.3) is 0 Å². The topological polar surface area (TPSA) is 66.4 Å². The van der Waals surface area contributed by atoms with E-state index in [1.54, 1.807) is 36.0 Å². The van der Waals surface area contributed by atoms with Gasteiger partial charge in [-0.1, -0.05) is 24.3 Å². The van der Waals surface area contributed by atoms with Crippen molar-refractivity contribution in [2.75, 3.05) is 6.26 Å². The first-order valence-corrected chi connectivity index (χ1v) is 8.94. The Balaban J connectivity index is 1.84. The summed E-state index contributed by atoms with van der Waals surface area (Å²) in [5, 5.41) is 11.8. The maximum atomic E-state index is 12.0. The number of hydrogen-bond donors (Lipinski definition) is 2. The molecule has 0 aliphatic rings. The van der Waals surface area contributed by atoms with Crippen molar-refractivity contribution in [3.8, 4) is 0 Å². The monoisotopic (exact) mass is 343 g/mol. The fourth-order valence-corrected chi connectivity index (χ4v) is 3.06. The van der Waals surface area contributed by atoms with Gasteiger partial charge in [-0.15, -0.1) is 11.8 Å². The molecule has 0 aromatic heterocycles. The first kappa shape index (κ1) is 18.1. The van der Waals surface area contributed by atoms with Crippen LogP contribution in [0.25, 0.3) is 0 Å². The van der Waals surface area contributed by atoms with Gasteiger partial charge in [0.1, 0.15) is 0 Å². The summed E-state index contributed by atoms with van der Waals surface area (Å²) in [5.74, 6) is -0.952. The van der Waals surface area contributed by atoms with Crippen molar-refractivity contribution >= 4 is 23.6 Å². The Hall–Kier alpha value is -2.27. The summed E-state index contributed by atoms with van der Waals surface area (Å²) >= 11 is 1.68. The first-order chi connectivity index (χ1) is 11.5. The number of aromatic carboxylic acids is 1. The fraction of sp³-hybridized carbons (Fsp3) is 0.263. The predicted octanol–water partition coefficient (Wildman–Crippen LogP) is 3.66. The molecule has 4 nitrogen and oxygen atoms in total. The van der Waals surface area contributed by atoms with Gasteiger partial charge >= 0.3 is 5.97 Å². The molecular weight excluding hydrogens is 322 g/mol. The summed E-state index contributed by atoms with van der Waals surface area (Å²) in [7, 11) is 0. The quantitative estimate of drug-likeness (QED) is 0.753. The summed E-state index contributed by atoms with van der Waals surface area (Å²) in [6.45, 7) is 2.57. The van der Waals surface area contributed by atoms with Crippen LogP contribution < -0.4 is 5.32 Å². The van der Waals surface area contributed by atoms with Crippen molar-refractivity contribution in [1.82, 2.24) is 5.32 Å². The lowest BCUT2D eigenvalue weighted by atomic mass is 10.1. The molecule has 24 heavy (non-hydrogen) atoms. The van der Waals surface area contributed by atoms with Gasteiger partial charge in [0.2, 0.25) is 5.91 Å². The molecule has 0 saturated carbocycles. The Morgan fingerprint density at radius 3 is 2.46 bits per heavy atom. The molecule has 0 aliphatic carbocycles.